The van der Waals surface area contributed by atoms with E-state index in [1.165, 1.54) is 0 Å². The fourth-order valence-electron chi connectivity index (χ4n) is 1.81. The summed E-state index contributed by atoms with van der Waals surface area (Å²) in [5.74, 6) is -0.836. The van der Waals surface area contributed by atoms with E-state index in [-0.39, 0.29) is 42.4 Å². The second kappa shape index (κ2) is 8.61. The zero-order valence-corrected chi connectivity index (χ0v) is 15.7. The smallest absolute Gasteiger partial charge is 0.748 e. The van der Waals surface area contributed by atoms with Crippen molar-refractivity contribution >= 4 is 20.2 Å². The predicted molar refractivity (Wildman–Crippen MR) is 67.7 cm³/mol. The Morgan fingerprint density at radius 1 is 1.10 bits per heavy atom. The first-order valence-corrected chi connectivity index (χ1v) is 9.15. The summed E-state index contributed by atoms with van der Waals surface area (Å²) in [6.45, 7) is 2.59. The maximum absolute atomic E-state index is 10.5. The van der Waals surface area contributed by atoms with Gasteiger partial charge in [-0.25, -0.2) is 26.0 Å². The fraction of sp³-hybridized carbons (Fsp3) is 0.700. The van der Waals surface area contributed by atoms with Crippen LogP contribution in [0.5, 0.6) is 0 Å². The predicted octanol–water partition coefficient (Wildman–Crippen LogP) is -4.04. The minimum absolute atomic E-state index is 0. The molecule has 1 heterocycles. The summed E-state index contributed by atoms with van der Waals surface area (Å²) in [5, 5.41) is 0. The van der Waals surface area contributed by atoms with Crippen LogP contribution in [0.2, 0.25) is 0 Å². The number of hydrogen-bond donors (Lipinski definition) is 0. The van der Waals surface area contributed by atoms with Crippen molar-refractivity contribution in [1.29, 1.82) is 0 Å². The average Bonchev–Trinajstić information content (AvgIpc) is 2.56. The van der Waals surface area contributed by atoms with E-state index in [1.807, 2.05) is 6.92 Å². The first-order chi connectivity index (χ1) is 9.07. The molecule has 1 aromatic heterocycles. The monoisotopic (exact) mass is 348 g/mol. The minimum Gasteiger partial charge on any atom is -0.748 e. The summed E-state index contributed by atoms with van der Waals surface area (Å²) in [4.78, 5) is 0. The topological polar surface area (TPSA) is 123 Å². The maximum Gasteiger partial charge on any atom is 1.00 e. The maximum atomic E-state index is 10.5. The fourth-order valence-corrected chi connectivity index (χ4v) is 2.77. The molecule has 21 heavy (non-hydrogen) atoms. The van der Waals surface area contributed by atoms with Crippen LogP contribution in [0.1, 0.15) is 18.5 Å². The molecule has 1 aromatic rings. The number of aryl methyl sites for hydroxylation is 3. The molecule has 0 aromatic carbocycles. The molecule has 0 aliphatic carbocycles. The third kappa shape index (κ3) is 9.61. The molecule has 0 fully saturated rings. The normalized spacial score (nSPS) is 12.1. The van der Waals surface area contributed by atoms with Crippen LogP contribution in [-0.4, -0.2) is 42.0 Å². The van der Waals surface area contributed by atoms with E-state index in [0.29, 0.717) is 13.1 Å². The van der Waals surface area contributed by atoms with Gasteiger partial charge in [0.15, 0.2) is 0 Å². The Hall–Kier alpha value is 0.0300. The number of hydrogen-bond acceptors (Lipinski definition) is 6. The quantitative estimate of drug-likeness (QED) is 0.268. The summed E-state index contributed by atoms with van der Waals surface area (Å²) in [6.07, 6.45) is 3.90. The second-order valence-corrected chi connectivity index (χ2v) is 7.60. The van der Waals surface area contributed by atoms with Crippen molar-refractivity contribution in [1.82, 2.24) is 4.57 Å². The summed E-state index contributed by atoms with van der Waals surface area (Å²) in [5.41, 5.74) is 0.860. The van der Waals surface area contributed by atoms with Crippen molar-refractivity contribution in [2.24, 2.45) is 0 Å². The standard InChI is InChI=1S/C10H18N2O6S2.Na/c1-10-8-11(4-2-6-19(13,14)15)9-12(10)5-3-7-20(16,17)18;/h8-9H,2-7H2,1H3,(H-,13,14,15,16,17,18);/q;+1/p-1. The van der Waals surface area contributed by atoms with Gasteiger partial charge in [-0.2, -0.15) is 0 Å². The average molecular weight is 348 g/mol. The Morgan fingerprint density at radius 3 is 2.14 bits per heavy atom. The van der Waals surface area contributed by atoms with E-state index >= 15 is 0 Å². The first-order valence-electron chi connectivity index (χ1n) is 6.00. The van der Waals surface area contributed by atoms with Crippen LogP contribution < -0.4 is 34.1 Å². The minimum atomic E-state index is -4.20. The summed E-state index contributed by atoms with van der Waals surface area (Å²) >= 11 is 0. The molecule has 0 radical (unpaired) electrons. The van der Waals surface area contributed by atoms with Crippen molar-refractivity contribution in [2.45, 2.75) is 32.9 Å². The number of nitrogens with zero attached hydrogens (tertiary/aromatic N) is 2. The molecule has 0 amide bonds. The molecule has 116 valence electrons. The summed E-state index contributed by atoms with van der Waals surface area (Å²) < 4.78 is 66.4. The van der Waals surface area contributed by atoms with E-state index in [2.05, 4.69) is 0 Å². The zero-order valence-electron chi connectivity index (χ0n) is 12.1. The van der Waals surface area contributed by atoms with Crippen molar-refractivity contribution in [2.75, 3.05) is 11.5 Å². The van der Waals surface area contributed by atoms with Crippen molar-refractivity contribution in [3.05, 3.63) is 18.2 Å². The van der Waals surface area contributed by atoms with Crippen LogP contribution in [0.3, 0.4) is 0 Å². The Balaban J connectivity index is 0.00000400. The van der Waals surface area contributed by atoms with Gasteiger partial charge in [-0.1, -0.05) is 0 Å². The summed E-state index contributed by atoms with van der Waals surface area (Å²) in [6, 6.07) is 0. The Labute approximate surface area is 147 Å². The third-order valence-electron chi connectivity index (χ3n) is 2.70. The number of rotatable bonds is 8. The molecule has 0 saturated carbocycles. The van der Waals surface area contributed by atoms with Crippen LogP contribution in [0.15, 0.2) is 12.5 Å². The van der Waals surface area contributed by atoms with E-state index in [9.17, 15) is 25.9 Å². The van der Waals surface area contributed by atoms with Crippen LogP contribution in [0.4, 0.5) is 0 Å². The molecular weight excluding hydrogens is 331 g/mol. The van der Waals surface area contributed by atoms with Crippen molar-refractivity contribution in [3.8, 4) is 0 Å². The summed E-state index contributed by atoms with van der Waals surface area (Å²) in [7, 11) is -8.40. The number of aromatic nitrogens is 2. The van der Waals surface area contributed by atoms with Gasteiger partial charge in [-0.15, -0.1) is 0 Å². The van der Waals surface area contributed by atoms with Gasteiger partial charge in [0.05, 0.1) is 33.3 Å². The molecule has 0 saturated heterocycles. The van der Waals surface area contributed by atoms with Crippen molar-refractivity contribution in [3.63, 3.8) is 0 Å². The molecular formula is C10H17N2NaO6S2. The molecule has 0 unspecified atom stereocenters. The molecule has 0 bridgehead atoms. The third-order valence-corrected chi connectivity index (χ3v) is 4.27. The Bertz CT molecular complexity index is 653. The van der Waals surface area contributed by atoms with Gasteiger partial charge in [0.25, 0.3) is 0 Å². The van der Waals surface area contributed by atoms with Gasteiger partial charge < -0.3 is 9.11 Å². The Kier molecular flexibility index (Phi) is 8.62. The molecule has 0 aliphatic rings. The molecule has 11 heteroatoms. The molecule has 0 atom stereocenters. The van der Waals surface area contributed by atoms with Crippen LogP contribution in [0.25, 0.3) is 0 Å². The molecule has 8 nitrogen and oxygen atoms in total. The van der Waals surface area contributed by atoms with E-state index < -0.39 is 31.7 Å². The van der Waals surface area contributed by atoms with E-state index in [4.69, 9.17) is 0 Å². The first kappa shape index (κ1) is 21.0. The van der Waals surface area contributed by atoms with E-state index in [1.54, 1.807) is 21.7 Å². The Morgan fingerprint density at radius 2 is 1.62 bits per heavy atom. The second-order valence-electron chi connectivity index (χ2n) is 4.55. The van der Waals surface area contributed by atoms with Crippen molar-refractivity contribution < 1.29 is 60.1 Å². The number of imidazole rings is 1. The van der Waals surface area contributed by atoms with Crippen LogP contribution in [0, 0.1) is 6.92 Å². The zero-order chi connectivity index (χ0) is 15.4. The van der Waals surface area contributed by atoms with Gasteiger partial charge >= 0.3 is 29.6 Å². The van der Waals surface area contributed by atoms with Gasteiger partial charge in [0.2, 0.25) is 6.33 Å². The van der Waals surface area contributed by atoms with Gasteiger partial charge in [0, 0.05) is 18.4 Å². The van der Waals surface area contributed by atoms with Crippen LogP contribution >= 0.6 is 0 Å². The molecule has 0 spiro atoms. The largest absolute Gasteiger partial charge is 1.00 e. The SMILES string of the molecule is Cc1c[n+](CCCS(=O)(=O)[O-])cn1CCCS(=O)(=O)[O-].[Na+]. The van der Waals surface area contributed by atoms with E-state index in [0.717, 1.165) is 5.69 Å². The molecule has 1 rings (SSSR count). The van der Waals surface area contributed by atoms with Gasteiger partial charge in [0.1, 0.15) is 11.9 Å². The molecule has 0 aliphatic heterocycles. The van der Waals surface area contributed by atoms with Gasteiger partial charge in [-0.05, 0) is 12.8 Å². The van der Waals surface area contributed by atoms with Crippen LogP contribution in [-0.2, 0) is 33.3 Å². The van der Waals surface area contributed by atoms with Gasteiger partial charge in [-0.3, -0.25) is 0 Å². The molecule has 0 N–H and O–H groups in total.